The Hall–Kier alpha value is -0.990. The van der Waals surface area contributed by atoms with E-state index in [2.05, 4.69) is 33.3 Å². The first-order valence-corrected chi connectivity index (χ1v) is 6.41. The molecular formula is C10H22N4O3S. The molecule has 5 N–H and O–H groups in total. The van der Waals surface area contributed by atoms with Crippen LogP contribution in [0, 0.1) is 0 Å². The lowest BCUT2D eigenvalue weighted by Gasteiger charge is -2.10. The van der Waals surface area contributed by atoms with Gasteiger partial charge in [-0.2, -0.15) is 12.6 Å². The van der Waals surface area contributed by atoms with Crippen molar-refractivity contribution < 1.29 is 14.3 Å². The smallest absolute Gasteiger partial charge is 0.406 e. The number of carbonyl (C=O) groups is 2. The van der Waals surface area contributed by atoms with Gasteiger partial charge in [0, 0.05) is 25.4 Å². The van der Waals surface area contributed by atoms with Crippen LogP contribution in [0.1, 0.15) is 6.42 Å². The van der Waals surface area contributed by atoms with Gasteiger partial charge in [0.25, 0.3) is 0 Å². The summed E-state index contributed by atoms with van der Waals surface area (Å²) in [6.07, 6.45) is 0.355. The number of alkyl carbamates (subject to hydrolysis) is 1. The summed E-state index contributed by atoms with van der Waals surface area (Å²) in [5.74, 6) is 0.154. The van der Waals surface area contributed by atoms with Crippen molar-refractivity contribution in [2.24, 2.45) is 5.73 Å². The number of hydrogen-bond acceptors (Lipinski definition) is 6. The Bertz CT molecular complexity index is 253. The van der Waals surface area contributed by atoms with Gasteiger partial charge in [-0.15, -0.1) is 0 Å². The Morgan fingerprint density at radius 3 is 2.56 bits per heavy atom. The van der Waals surface area contributed by atoms with Crippen molar-refractivity contribution in [3.05, 3.63) is 0 Å². The minimum atomic E-state index is -0.550. The quantitative estimate of drug-likeness (QED) is 0.266. The molecule has 8 heteroatoms. The lowest BCUT2D eigenvalue weighted by Crippen LogP contribution is -2.42. The molecule has 0 fully saturated rings. The fourth-order valence-corrected chi connectivity index (χ4v) is 1.25. The molecular weight excluding hydrogens is 256 g/mol. The Labute approximate surface area is 113 Å². The Morgan fingerprint density at radius 2 is 1.94 bits per heavy atom. The number of carbonyl (C=O) groups excluding carboxylic acids is 2. The molecule has 0 aromatic heterocycles. The lowest BCUT2D eigenvalue weighted by atomic mass is 10.3. The zero-order valence-corrected chi connectivity index (χ0v) is 11.5. The summed E-state index contributed by atoms with van der Waals surface area (Å²) in [6.45, 7) is 2.47. The van der Waals surface area contributed by atoms with Crippen LogP contribution in [0.3, 0.4) is 0 Å². The maximum Gasteiger partial charge on any atom is 0.406 e. The third-order valence-corrected chi connectivity index (χ3v) is 2.51. The maximum absolute atomic E-state index is 11.3. The van der Waals surface area contributed by atoms with E-state index in [4.69, 9.17) is 5.73 Å². The molecule has 0 aromatic rings. The van der Waals surface area contributed by atoms with Gasteiger partial charge in [-0.1, -0.05) is 0 Å². The molecule has 0 aliphatic carbocycles. The molecule has 106 valence electrons. The summed E-state index contributed by atoms with van der Waals surface area (Å²) in [7, 11) is 1.32. The largest absolute Gasteiger partial charge is 0.453 e. The zero-order valence-electron chi connectivity index (χ0n) is 10.6. The van der Waals surface area contributed by atoms with E-state index in [1.165, 1.54) is 7.11 Å². The molecule has 0 saturated carbocycles. The number of nitrogens with two attached hydrogens (primary N) is 1. The molecule has 0 saturated heterocycles. The topological polar surface area (TPSA) is 105 Å². The van der Waals surface area contributed by atoms with E-state index in [-0.39, 0.29) is 5.91 Å². The van der Waals surface area contributed by atoms with Crippen molar-refractivity contribution in [2.75, 3.05) is 39.0 Å². The number of amides is 2. The van der Waals surface area contributed by atoms with Crippen LogP contribution in [-0.4, -0.2) is 57.1 Å². The van der Waals surface area contributed by atoms with Crippen molar-refractivity contribution >= 4 is 24.6 Å². The second-order valence-electron chi connectivity index (χ2n) is 3.60. The predicted molar refractivity (Wildman–Crippen MR) is 72.7 cm³/mol. The molecule has 0 spiro atoms. The summed E-state index contributed by atoms with van der Waals surface area (Å²) in [5.41, 5.74) is 5.48. The van der Waals surface area contributed by atoms with Crippen molar-refractivity contribution in [3.8, 4) is 0 Å². The predicted octanol–water partition coefficient (Wildman–Crippen LogP) is -1.30. The number of ether oxygens (including phenoxy) is 1. The Morgan fingerprint density at radius 1 is 1.22 bits per heavy atom. The minimum Gasteiger partial charge on any atom is -0.453 e. The molecule has 0 radical (unpaired) electrons. The molecule has 2 amide bonds. The highest BCUT2D eigenvalue weighted by Crippen LogP contribution is 1.83. The van der Waals surface area contributed by atoms with Gasteiger partial charge in [0.15, 0.2) is 0 Å². The van der Waals surface area contributed by atoms with E-state index in [0.29, 0.717) is 25.4 Å². The fraction of sp³-hybridized carbons (Fsp3) is 0.800. The highest BCUT2D eigenvalue weighted by Gasteiger charge is 2.09. The van der Waals surface area contributed by atoms with E-state index in [1.807, 2.05) is 0 Å². The summed E-state index contributed by atoms with van der Waals surface area (Å²) in [6, 6.07) is -0.550. The second-order valence-corrected chi connectivity index (χ2v) is 3.97. The second kappa shape index (κ2) is 11.1. The molecule has 0 bridgehead atoms. The molecule has 0 rings (SSSR count). The van der Waals surface area contributed by atoms with Crippen molar-refractivity contribution in [1.82, 2.24) is 16.0 Å². The molecule has 18 heavy (non-hydrogen) atoms. The van der Waals surface area contributed by atoms with E-state index in [0.717, 1.165) is 13.0 Å². The molecule has 0 heterocycles. The monoisotopic (exact) mass is 278 g/mol. The maximum atomic E-state index is 11.3. The molecule has 7 nitrogen and oxygen atoms in total. The zero-order chi connectivity index (χ0) is 13.8. The van der Waals surface area contributed by atoms with Gasteiger partial charge in [-0.25, -0.2) is 4.79 Å². The SMILES string of the molecule is COC(=O)NCCNCCCNC(=O)[C@@H](N)CS. The number of methoxy groups -OCH3 is 1. The average molecular weight is 278 g/mol. The van der Waals surface area contributed by atoms with Gasteiger partial charge in [0.05, 0.1) is 13.2 Å². The van der Waals surface area contributed by atoms with Gasteiger partial charge in [0.2, 0.25) is 5.91 Å². The van der Waals surface area contributed by atoms with Gasteiger partial charge in [-0.3, -0.25) is 4.79 Å². The van der Waals surface area contributed by atoms with Crippen LogP contribution in [0.5, 0.6) is 0 Å². The van der Waals surface area contributed by atoms with E-state index in [9.17, 15) is 9.59 Å². The van der Waals surface area contributed by atoms with Gasteiger partial charge >= 0.3 is 6.09 Å². The molecule has 0 aliphatic rings. The first-order chi connectivity index (χ1) is 8.61. The summed E-state index contributed by atoms with van der Waals surface area (Å²) >= 11 is 3.94. The van der Waals surface area contributed by atoms with Crippen molar-refractivity contribution in [3.63, 3.8) is 0 Å². The van der Waals surface area contributed by atoms with Crippen LogP contribution in [0.4, 0.5) is 4.79 Å². The van der Waals surface area contributed by atoms with Crippen molar-refractivity contribution in [1.29, 1.82) is 0 Å². The summed E-state index contributed by atoms with van der Waals surface area (Å²) in [4.78, 5) is 21.9. The van der Waals surface area contributed by atoms with Gasteiger partial charge in [0.1, 0.15) is 0 Å². The van der Waals surface area contributed by atoms with Crippen LogP contribution in [0.15, 0.2) is 0 Å². The summed E-state index contributed by atoms with van der Waals surface area (Å²) < 4.78 is 4.41. The average Bonchev–Trinajstić information content (AvgIpc) is 2.39. The van der Waals surface area contributed by atoms with Crippen molar-refractivity contribution in [2.45, 2.75) is 12.5 Å². The molecule has 0 aliphatic heterocycles. The Kier molecular flexibility index (Phi) is 10.5. The number of nitrogens with one attached hydrogen (secondary N) is 3. The van der Waals surface area contributed by atoms with E-state index >= 15 is 0 Å². The first kappa shape index (κ1) is 17.0. The van der Waals surface area contributed by atoms with Crippen LogP contribution in [0.2, 0.25) is 0 Å². The molecule has 0 aromatic carbocycles. The minimum absolute atomic E-state index is 0.183. The number of thiol groups is 1. The highest BCUT2D eigenvalue weighted by atomic mass is 32.1. The molecule has 0 unspecified atom stereocenters. The van der Waals surface area contributed by atoms with Gasteiger partial charge in [-0.05, 0) is 13.0 Å². The van der Waals surface area contributed by atoms with Crippen LogP contribution < -0.4 is 21.7 Å². The fourth-order valence-electron chi connectivity index (χ4n) is 1.09. The first-order valence-electron chi connectivity index (χ1n) is 5.78. The summed E-state index contributed by atoms with van der Waals surface area (Å²) in [5, 5.41) is 8.37. The van der Waals surface area contributed by atoms with Gasteiger partial charge < -0.3 is 26.4 Å². The lowest BCUT2D eigenvalue weighted by molar-refractivity contribution is -0.121. The normalized spacial score (nSPS) is 11.7. The Balaban J connectivity index is 3.26. The van der Waals surface area contributed by atoms with E-state index < -0.39 is 12.1 Å². The van der Waals surface area contributed by atoms with Crippen LogP contribution >= 0.6 is 12.6 Å². The van der Waals surface area contributed by atoms with E-state index in [1.54, 1.807) is 0 Å². The number of hydrogen-bond donors (Lipinski definition) is 5. The number of rotatable bonds is 9. The van der Waals surface area contributed by atoms with Crippen LogP contribution in [0.25, 0.3) is 0 Å². The third kappa shape index (κ3) is 9.08. The molecule has 1 atom stereocenters. The highest BCUT2D eigenvalue weighted by molar-refractivity contribution is 7.80. The standard InChI is InChI=1S/C10H22N4O3S/c1-17-10(16)14-6-5-12-3-2-4-13-9(15)8(11)7-18/h8,12,18H,2-7,11H2,1H3,(H,13,15)(H,14,16)/t8-/m0/s1. The van der Waals surface area contributed by atoms with Crippen LogP contribution in [-0.2, 0) is 9.53 Å². The third-order valence-electron chi connectivity index (χ3n) is 2.12.